The normalized spacial score (nSPS) is 12.8. The van der Waals surface area contributed by atoms with Crippen molar-refractivity contribution in [2.45, 2.75) is 33.1 Å². The van der Waals surface area contributed by atoms with Crippen LogP contribution in [-0.2, 0) is 5.41 Å². The van der Waals surface area contributed by atoms with Gasteiger partial charge in [0.1, 0.15) is 0 Å². The van der Waals surface area contributed by atoms with Crippen LogP contribution in [0.2, 0.25) is 0 Å². The van der Waals surface area contributed by atoms with Crippen LogP contribution in [0.25, 0.3) is 55.3 Å². The van der Waals surface area contributed by atoms with Crippen molar-refractivity contribution in [2.24, 2.45) is 0 Å². The maximum absolute atomic E-state index is 2.47. The molecule has 1 aliphatic carbocycles. The lowest BCUT2D eigenvalue weighted by Gasteiger charge is -2.31. The van der Waals surface area contributed by atoms with Crippen LogP contribution in [0.3, 0.4) is 0 Å². The van der Waals surface area contributed by atoms with Gasteiger partial charge in [-0.1, -0.05) is 147 Å². The van der Waals surface area contributed by atoms with Crippen LogP contribution in [0.15, 0.2) is 176 Å². The molecular formula is C51H41N. The Morgan fingerprint density at radius 3 is 1.58 bits per heavy atom. The SMILES string of the molecule is Cc1cc(-c2ccc3ccccc3c2)cc(C)c1N(c1ccc(-c2ccc(-c3ccccc3)cc2)cc1)c1ccc2c(c1)C(C)(C)c1ccccc1-2. The summed E-state index contributed by atoms with van der Waals surface area (Å²) in [7, 11) is 0. The van der Waals surface area contributed by atoms with E-state index in [4.69, 9.17) is 0 Å². The first-order chi connectivity index (χ1) is 25.3. The maximum Gasteiger partial charge on any atom is 0.0520 e. The third-order valence-corrected chi connectivity index (χ3v) is 11.1. The Balaban J connectivity index is 1.15. The quantitative estimate of drug-likeness (QED) is 0.171. The van der Waals surface area contributed by atoms with E-state index in [0.29, 0.717) is 0 Å². The first kappa shape index (κ1) is 31.8. The Labute approximate surface area is 307 Å². The van der Waals surface area contributed by atoms with E-state index in [2.05, 4.69) is 209 Å². The third kappa shape index (κ3) is 5.41. The lowest BCUT2D eigenvalue weighted by Crippen LogP contribution is -2.17. The summed E-state index contributed by atoms with van der Waals surface area (Å²) in [5.74, 6) is 0. The number of rotatable bonds is 6. The molecule has 0 heterocycles. The number of hydrogen-bond donors (Lipinski definition) is 0. The van der Waals surface area contributed by atoms with Gasteiger partial charge in [-0.25, -0.2) is 0 Å². The zero-order valence-electron chi connectivity index (χ0n) is 30.2. The average molecular weight is 668 g/mol. The van der Waals surface area contributed by atoms with Gasteiger partial charge in [0.2, 0.25) is 0 Å². The van der Waals surface area contributed by atoms with Crippen LogP contribution in [0, 0.1) is 13.8 Å². The van der Waals surface area contributed by atoms with Gasteiger partial charge < -0.3 is 4.90 Å². The molecule has 0 fully saturated rings. The topological polar surface area (TPSA) is 3.24 Å². The van der Waals surface area contributed by atoms with Gasteiger partial charge in [-0.3, -0.25) is 0 Å². The van der Waals surface area contributed by atoms with Gasteiger partial charge in [0, 0.05) is 16.8 Å². The number of hydrogen-bond acceptors (Lipinski definition) is 1. The number of nitrogens with zero attached hydrogens (tertiary/aromatic N) is 1. The summed E-state index contributed by atoms with van der Waals surface area (Å²) in [6.07, 6.45) is 0. The van der Waals surface area contributed by atoms with E-state index in [1.54, 1.807) is 0 Å². The maximum atomic E-state index is 2.47. The Bertz CT molecular complexity index is 2570. The standard InChI is InChI=1S/C51H41N/c1-34-30-43(42-23-22-37-14-8-9-15-41(37)32-42)31-35(2)50(34)52(45-28-29-47-46-16-10-11-17-48(46)51(3,4)49(47)33-45)44-26-24-40(25-27-44)39-20-18-38(19-21-39)36-12-6-5-7-13-36/h5-33H,1-4H3. The molecule has 52 heavy (non-hydrogen) atoms. The van der Waals surface area contributed by atoms with Crippen LogP contribution >= 0.6 is 0 Å². The molecule has 0 aliphatic heterocycles. The smallest absolute Gasteiger partial charge is 0.0520 e. The molecule has 1 heteroatoms. The zero-order chi connectivity index (χ0) is 35.4. The van der Waals surface area contributed by atoms with Crippen molar-refractivity contribution in [3.8, 4) is 44.5 Å². The fourth-order valence-electron chi connectivity index (χ4n) is 8.37. The molecule has 9 rings (SSSR count). The molecular weight excluding hydrogens is 627 g/mol. The molecule has 0 amide bonds. The Kier molecular flexibility index (Phi) is 7.67. The minimum absolute atomic E-state index is 0.0899. The summed E-state index contributed by atoms with van der Waals surface area (Å²) in [6.45, 7) is 9.24. The second-order valence-corrected chi connectivity index (χ2v) is 14.7. The molecule has 0 saturated carbocycles. The highest BCUT2D eigenvalue weighted by Gasteiger charge is 2.36. The molecule has 0 unspecified atom stereocenters. The molecule has 1 aliphatic rings. The van der Waals surface area contributed by atoms with Crippen LogP contribution in [-0.4, -0.2) is 0 Å². The zero-order valence-corrected chi connectivity index (χ0v) is 30.2. The Morgan fingerprint density at radius 2 is 0.885 bits per heavy atom. The van der Waals surface area contributed by atoms with Gasteiger partial charge >= 0.3 is 0 Å². The summed E-state index contributed by atoms with van der Waals surface area (Å²) in [5.41, 5.74) is 18.7. The van der Waals surface area contributed by atoms with Crippen molar-refractivity contribution in [1.29, 1.82) is 0 Å². The predicted molar refractivity (Wildman–Crippen MR) is 222 cm³/mol. The molecule has 250 valence electrons. The first-order valence-electron chi connectivity index (χ1n) is 18.3. The number of aryl methyl sites for hydroxylation is 2. The number of fused-ring (bicyclic) bond motifs is 4. The van der Waals surface area contributed by atoms with Crippen LogP contribution < -0.4 is 4.90 Å². The first-order valence-corrected chi connectivity index (χ1v) is 18.3. The Hall–Kier alpha value is -6.18. The molecule has 8 aromatic carbocycles. The highest BCUT2D eigenvalue weighted by molar-refractivity contribution is 5.90. The van der Waals surface area contributed by atoms with E-state index in [9.17, 15) is 0 Å². The van der Waals surface area contributed by atoms with Gasteiger partial charge in [-0.05, 0) is 134 Å². The lowest BCUT2D eigenvalue weighted by molar-refractivity contribution is 0.660. The lowest BCUT2D eigenvalue weighted by atomic mass is 9.82. The molecule has 0 N–H and O–H groups in total. The molecule has 1 nitrogen and oxygen atoms in total. The second kappa shape index (κ2) is 12.5. The number of anilines is 3. The van der Waals surface area contributed by atoms with Crippen molar-refractivity contribution in [3.63, 3.8) is 0 Å². The van der Waals surface area contributed by atoms with E-state index in [-0.39, 0.29) is 5.41 Å². The van der Waals surface area contributed by atoms with Crippen LogP contribution in [0.4, 0.5) is 17.1 Å². The summed E-state index contributed by atoms with van der Waals surface area (Å²) in [6, 6.07) is 64.6. The molecule has 0 radical (unpaired) electrons. The van der Waals surface area contributed by atoms with Gasteiger partial charge in [-0.15, -0.1) is 0 Å². The highest BCUT2D eigenvalue weighted by atomic mass is 15.1. The molecule has 0 atom stereocenters. The van der Waals surface area contributed by atoms with Crippen molar-refractivity contribution in [3.05, 3.63) is 198 Å². The van der Waals surface area contributed by atoms with Crippen molar-refractivity contribution >= 4 is 27.8 Å². The summed E-state index contributed by atoms with van der Waals surface area (Å²) in [4.78, 5) is 2.47. The minimum Gasteiger partial charge on any atom is -0.310 e. The fourth-order valence-corrected chi connectivity index (χ4v) is 8.37. The van der Waals surface area contributed by atoms with E-state index in [1.807, 2.05) is 0 Å². The molecule has 8 aromatic rings. The monoisotopic (exact) mass is 667 g/mol. The van der Waals surface area contributed by atoms with Gasteiger partial charge in [-0.2, -0.15) is 0 Å². The van der Waals surface area contributed by atoms with Crippen molar-refractivity contribution < 1.29 is 0 Å². The summed E-state index contributed by atoms with van der Waals surface area (Å²) < 4.78 is 0. The van der Waals surface area contributed by atoms with E-state index in [0.717, 1.165) is 5.69 Å². The molecule has 0 bridgehead atoms. The molecule has 0 spiro atoms. The van der Waals surface area contributed by atoms with Gasteiger partial charge in [0.15, 0.2) is 0 Å². The largest absolute Gasteiger partial charge is 0.310 e. The van der Waals surface area contributed by atoms with E-state index >= 15 is 0 Å². The van der Waals surface area contributed by atoms with Gasteiger partial charge in [0.25, 0.3) is 0 Å². The molecule has 0 aromatic heterocycles. The van der Waals surface area contributed by atoms with Crippen molar-refractivity contribution in [2.75, 3.05) is 4.90 Å². The van der Waals surface area contributed by atoms with E-state index < -0.39 is 0 Å². The third-order valence-electron chi connectivity index (χ3n) is 11.1. The highest BCUT2D eigenvalue weighted by Crippen LogP contribution is 2.51. The summed E-state index contributed by atoms with van der Waals surface area (Å²) >= 11 is 0. The Morgan fingerprint density at radius 1 is 0.365 bits per heavy atom. The van der Waals surface area contributed by atoms with Crippen LogP contribution in [0.1, 0.15) is 36.1 Å². The van der Waals surface area contributed by atoms with Gasteiger partial charge in [0.05, 0.1) is 5.69 Å². The fraction of sp³-hybridized carbons (Fsp3) is 0.0980. The number of benzene rings is 8. The predicted octanol–water partition coefficient (Wildman–Crippen LogP) is 14.2. The minimum atomic E-state index is -0.0899. The van der Waals surface area contributed by atoms with Crippen molar-refractivity contribution in [1.82, 2.24) is 0 Å². The molecule has 0 saturated heterocycles. The average Bonchev–Trinajstić information content (AvgIpc) is 3.42. The van der Waals surface area contributed by atoms with Crippen LogP contribution in [0.5, 0.6) is 0 Å². The van der Waals surface area contributed by atoms with E-state index in [1.165, 1.54) is 88.9 Å². The second-order valence-electron chi connectivity index (χ2n) is 14.7. The summed E-state index contributed by atoms with van der Waals surface area (Å²) in [5, 5.41) is 2.53.